The molecule has 0 saturated heterocycles. The number of aryl methyl sites for hydroxylation is 1. The van der Waals surface area contributed by atoms with Crippen LogP contribution in [0.2, 0.25) is 0 Å². The van der Waals surface area contributed by atoms with E-state index >= 15 is 0 Å². The largest absolute Gasteiger partial charge is 0.355 e. The number of para-hydroxylation sites is 1. The second kappa shape index (κ2) is 7.48. The SMILES string of the molecule is CNC(=O)c1ccccc1NC(=O)c1cc2c(C)nn(-c3ccc(F)cc3)c2s1. The number of nitrogens with one attached hydrogen (secondary N) is 2. The van der Waals surface area contributed by atoms with Crippen LogP contribution in [0.15, 0.2) is 54.6 Å². The van der Waals surface area contributed by atoms with Crippen molar-refractivity contribution in [3.05, 3.63) is 76.5 Å². The van der Waals surface area contributed by atoms with E-state index in [9.17, 15) is 14.0 Å². The molecule has 0 spiro atoms. The van der Waals surface area contributed by atoms with Crippen LogP contribution in [0, 0.1) is 12.7 Å². The maximum Gasteiger partial charge on any atom is 0.265 e. The Labute approximate surface area is 170 Å². The van der Waals surface area contributed by atoms with Crippen LogP contribution in [-0.4, -0.2) is 28.6 Å². The third kappa shape index (κ3) is 3.50. The predicted molar refractivity (Wildman–Crippen MR) is 111 cm³/mol. The zero-order chi connectivity index (χ0) is 20.5. The van der Waals surface area contributed by atoms with Crippen molar-refractivity contribution in [1.29, 1.82) is 0 Å². The molecule has 0 fully saturated rings. The minimum atomic E-state index is -0.324. The number of halogens is 1. The number of carbonyl (C=O) groups is 2. The highest BCUT2D eigenvalue weighted by Crippen LogP contribution is 2.31. The van der Waals surface area contributed by atoms with Gasteiger partial charge in [-0.05, 0) is 49.4 Å². The summed E-state index contributed by atoms with van der Waals surface area (Å²) in [6, 6.07) is 14.6. The van der Waals surface area contributed by atoms with Crippen molar-refractivity contribution in [3.8, 4) is 5.69 Å². The Morgan fingerprint density at radius 2 is 1.79 bits per heavy atom. The second-order valence-electron chi connectivity index (χ2n) is 6.38. The first kappa shape index (κ1) is 18.8. The van der Waals surface area contributed by atoms with E-state index in [1.165, 1.54) is 30.5 Å². The smallest absolute Gasteiger partial charge is 0.265 e. The van der Waals surface area contributed by atoms with Crippen LogP contribution in [0.4, 0.5) is 10.1 Å². The first-order valence-electron chi connectivity index (χ1n) is 8.85. The normalized spacial score (nSPS) is 10.9. The van der Waals surface area contributed by atoms with Crippen molar-refractivity contribution in [2.45, 2.75) is 6.92 Å². The minimum Gasteiger partial charge on any atom is -0.355 e. The molecule has 0 bridgehead atoms. The summed E-state index contributed by atoms with van der Waals surface area (Å²) in [4.78, 5) is 26.1. The number of aromatic nitrogens is 2. The fourth-order valence-corrected chi connectivity index (χ4v) is 4.10. The summed E-state index contributed by atoms with van der Waals surface area (Å²) in [7, 11) is 1.54. The molecule has 4 aromatic rings. The summed E-state index contributed by atoms with van der Waals surface area (Å²) in [5.41, 5.74) is 2.30. The van der Waals surface area contributed by atoms with Gasteiger partial charge >= 0.3 is 0 Å². The van der Waals surface area contributed by atoms with Gasteiger partial charge in [-0.1, -0.05) is 12.1 Å². The predicted octanol–water partition coefficient (Wildman–Crippen LogP) is 4.15. The molecule has 2 N–H and O–H groups in total. The molecule has 0 saturated carbocycles. The summed E-state index contributed by atoms with van der Waals surface area (Å²) in [6.07, 6.45) is 0. The summed E-state index contributed by atoms with van der Waals surface area (Å²) in [5, 5.41) is 10.7. The molecule has 29 heavy (non-hydrogen) atoms. The summed E-state index contributed by atoms with van der Waals surface area (Å²) < 4.78 is 14.9. The standard InChI is InChI=1S/C21H17FN4O2S/c1-12-16-11-18(20(28)24-17-6-4-3-5-15(17)19(27)23-2)29-21(16)26(25-12)14-9-7-13(22)8-10-14/h3-11H,1-2H3,(H,23,27)(H,24,28). The molecule has 0 radical (unpaired) electrons. The maximum absolute atomic E-state index is 13.2. The van der Waals surface area contributed by atoms with Gasteiger partial charge in [-0.25, -0.2) is 9.07 Å². The van der Waals surface area contributed by atoms with Crippen LogP contribution in [0.5, 0.6) is 0 Å². The molecular formula is C21H17FN4O2S. The van der Waals surface area contributed by atoms with Crippen molar-refractivity contribution in [2.75, 3.05) is 12.4 Å². The van der Waals surface area contributed by atoms with Crippen LogP contribution >= 0.6 is 11.3 Å². The molecule has 0 aliphatic rings. The molecule has 0 atom stereocenters. The Kier molecular flexibility index (Phi) is 4.85. The van der Waals surface area contributed by atoms with Gasteiger partial charge in [0, 0.05) is 12.4 Å². The van der Waals surface area contributed by atoms with Gasteiger partial charge in [-0.15, -0.1) is 11.3 Å². The Balaban J connectivity index is 1.69. The fourth-order valence-electron chi connectivity index (χ4n) is 3.03. The molecule has 0 aliphatic heterocycles. The highest BCUT2D eigenvalue weighted by atomic mass is 32.1. The molecule has 2 aromatic carbocycles. The second-order valence-corrected chi connectivity index (χ2v) is 7.41. The number of hydrogen-bond donors (Lipinski definition) is 2. The van der Waals surface area contributed by atoms with Gasteiger partial charge in [0.15, 0.2) is 0 Å². The van der Waals surface area contributed by atoms with Crippen molar-refractivity contribution in [3.63, 3.8) is 0 Å². The average molecular weight is 408 g/mol. The first-order valence-corrected chi connectivity index (χ1v) is 9.67. The number of anilines is 1. The lowest BCUT2D eigenvalue weighted by Crippen LogP contribution is -2.21. The average Bonchev–Trinajstić information content (AvgIpc) is 3.29. The number of carbonyl (C=O) groups excluding carboxylic acids is 2. The topological polar surface area (TPSA) is 76.0 Å². The van der Waals surface area contributed by atoms with E-state index in [1.807, 2.05) is 6.92 Å². The number of fused-ring (bicyclic) bond motifs is 1. The molecule has 6 nitrogen and oxygen atoms in total. The number of nitrogens with zero attached hydrogens (tertiary/aromatic N) is 2. The van der Waals surface area contributed by atoms with E-state index in [2.05, 4.69) is 15.7 Å². The van der Waals surface area contributed by atoms with Crippen molar-refractivity contribution < 1.29 is 14.0 Å². The van der Waals surface area contributed by atoms with E-state index in [-0.39, 0.29) is 17.6 Å². The van der Waals surface area contributed by atoms with Crippen LogP contribution in [0.3, 0.4) is 0 Å². The molecule has 146 valence electrons. The van der Waals surface area contributed by atoms with Crippen molar-refractivity contribution >= 4 is 39.1 Å². The van der Waals surface area contributed by atoms with Gasteiger partial charge in [0.25, 0.3) is 11.8 Å². The van der Waals surface area contributed by atoms with Gasteiger partial charge in [0.1, 0.15) is 10.6 Å². The number of thiophene rings is 1. The van der Waals surface area contributed by atoms with Crippen LogP contribution < -0.4 is 10.6 Å². The monoisotopic (exact) mass is 408 g/mol. The van der Waals surface area contributed by atoms with Crippen LogP contribution in [-0.2, 0) is 0 Å². The third-order valence-corrected chi connectivity index (χ3v) is 5.60. The quantitative estimate of drug-likeness (QED) is 0.533. The summed E-state index contributed by atoms with van der Waals surface area (Å²) in [5.74, 6) is -0.914. The number of amides is 2. The van der Waals surface area contributed by atoms with E-state index < -0.39 is 0 Å². The highest BCUT2D eigenvalue weighted by molar-refractivity contribution is 7.20. The lowest BCUT2D eigenvalue weighted by Gasteiger charge is -2.09. The first-order chi connectivity index (χ1) is 14.0. The van der Waals surface area contributed by atoms with Gasteiger partial charge in [-0.3, -0.25) is 9.59 Å². The van der Waals surface area contributed by atoms with E-state index in [0.717, 1.165) is 15.9 Å². The fraction of sp³-hybridized carbons (Fsp3) is 0.0952. The number of rotatable bonds is 4. The zero-order valence-corrected chi connectivity index (χ0v) is 16.5. The minimum absolute atomic E-state index is 0.278. The van der Waals surface area contributed by atoms with Crippen molar-refractivity contribution in [1.82, 2.24) is 15.1 Å². The summed E-state index contributed by atoms with van der Waals surface area (Å²) >= 11 is 1.29. The van der Waals surface area contributed by atoms with Crippen LogP contribution in [0.1, 0.15) is 25.7 Å². The Morgan fingerprint density at radius 1 is 1.07 bits per heavy atom. The zero-order valence-electron chi connectivity index (χ0n) is 15.7. The molecular weight excluding hydrogens is 391 g/mol. The van der Waals surface area contributed by atoms with Gasteiger partial charge in [0.2, 0.25) is 0 Å². The number of benzene rings is 2. The Bertz CT molecular complexity index is 1230. The van der Waals surface area contributed by atoms with Gasteiger partial charge in [-0.2, -0.15) is 5.10 Å². The maximum atomic E-state index is 13.2. The number of hydrogen-bond acceptors (Lipinski definition) is 4. The molecule has 0 aliphatic carbocycles. The Hall–Kier alpha value is -3.52. The lowest BCUT2D eigenvalue weighted by atomic mass is 10.1. The van der Waals surface area contributed by atoms with Crippen LogP contribution in [0.25, 0.3) is 15.9 Å². The molecule has 2 heterocycles. The van der Waals surface area contributed by atoms with Gasteiger partial charge < -0.3 is 10.6 Å². The van der Waals surface area contributed by atoms with Crippen molar-refractivity contribution in [2.24, 2.45) is 0 Å². The van der Waals surface area contributed by atoms with E-state index in [1.54, 1.807) is 47.1 Å². The lowest BCUT2D eigenvalue weighted by molar-refractivity contribution is 0.0964. The molecule has 0 unspecified atom stereocenters. The third-order valence-electron chi connectivity index (χ3n) is 4.49. The van der Waals surface area contributed by atoms with E-state index in [0.29, 0.717) is 21.8 Å². The highest BCUT2D eigenvalue weighted by Gasteiger charge is 2.19. The van der Waals surface area contributed by atoms with Gasteiger partial charge in [0.05, 0.1) is 27.5 Å². The molecule has 2 aromatic heterocycles. The van der Waals surface area contributed by atoms with E-state index in [4.69, 9.17) is 0 Å². The summed E-state index contributed by atoms with van der Waals surface area (Å²) in [6.45, 7) is 1.86. The molecule has 2 amide bonds. The Morgan fingerprint density at radius 3 is 2.52 bits per heavy atom. The molecule has 8 heteroatoms. The molecule has 4 rings (SSSR count).